The van der Waals surface area contributed by atoms with Crippen LogP contribution in [0.25, 0.3) is 22.3 Å². The van der Waals surface area contributed by atoms with Gasteiger partial charge in [0.15, 0.2) is 0 Å². The lowest BCUT2D eigenvalue weighted by atomic mass is 9.35. The average Bonchev–Trinajstić information content (AvgIpc) is 4.01. The lowest BCUT2D eigenvalue weighted by molar-refractivity contribution is 0.330. The van der Waals surface area contributed by atoms with E-state index in [0.29, 0.717) is 6.71 Å². The fourth-order valence-electron chi connectivity index (χ4n) is 10.3. The lowest BCUT2D eigenvalue weighted by Crippen LogP contribution is -2.59. The average molecular weight is 1030 g/mol. The van der Waals surface area contributed by atoms with E-state index in [4.69, 9.17) is 0 Å². The van der Waals surface area contributed by atoms with E-state index in [1.54, 1.807) is 10.9 Å². The summed E-state index contributed by atoms with van der Waals surface area (Å²) >= 11 is 0. The van der Waals surface area contributed by atoms with Gasteiger partial charge in [-0.05, 0) is 150 Å². The fourth-order valence-corrected chi connectivity index (χ4v) is 10.3. The first-order valence-corrected chi connectivity index (χ1v) is 29.7. The third kappa shape index (κ3) is 13.9. The molecule has 0 radical (unpaired) electrons. The highest BCUT2D eigenvalue weighted by Gasteiger charge is 2.56. The van der Waals surface area contributed by atoms with Crippen molar-refractivity contribution in [1.82, 2.24) is 14.7 Å². The number of hydrogen-bond donors (Lipinski definition) is 0. The second-order valence-corrected chi connectivity index (χ2v) is 19.9. The van der Waals surface area contributed by atoms with Gasteiger partial charge in [-0.1, -0.05) is 244 Å². The second kappa shape index (κ2) is 33.2. The fraction of sp³-hybridized carbons (Fsp3) is 0.486. The molecule has 2 aliphatic carbocycles. The zero-order valence-corrected chi connectivity index (χ0v) is 53.6. The zero-order chi connectivity index (χ0) is 58.1. The summed E-state index contributed by atoms with van der Waals surface area (Å²) in [5, 5.41) is 0. The number of hydrogen-bond acceptors (Lipinski definition) is 5. The maximum Gasteiger partial charge on any atom is 0.219 e. The van der Waals surface area contributed by atoms with E-state index in [1.807, 2.05) is 83.1 Å². The molecule has 6 aromatic carbocycles. The highest BCUT2D eigenvalue weighted by Crippen LogP contribution is 2.62. The van der Waals surface area contributed by atoms with E-state index in [1.165, 1.54) is 73.5 Å². The zero-order valence-electron chi connectivity index (χ0n) is 53.6. The van der Waals surface area contributed by atoms with Gasteiger partial charge in [-0.2, -0.15) is 0 Å². The van der Waals surface area contributed by atoms with Gasteiger partial charge in [0.25, 0.3) is 0 Å². The van der Waals surface area contributed by atoms with E-state index in [9.17, 15) is 0 Å². The molecule has 3 aliphatic heterocycles. The Labute approximate surface area is 470 Å². The van der Waals surface area contributed by atoms with Crippen LogP contribution in [0.5, 0.6) is 0 Å². The number of nitrogens with zero attached hydrogens (tertiary/aromatic N) is 5. The minimum absolute atomic E-state index is 0.0571. The molecule has 0 N–H and O–H groups in total. The van der Waals surface area contributed by atoms with Gasteiger partial charge in [0.1, 0.15) is 0 Å². The van der Waals surface area contributed by atoms with Gasteiger partial charge in [0, 0.05) is 41.6 Å². The third-order valence-corrected chi connectivity index (χ3v) is 15.0. The summed E-state index contributed by atoms with van der Waals surface area (Å²) in [4.78, 5) is 11.4. The van der Waals surface area contributed by atoms with E-state index >= 15 is 0 Å². The van der Waals surface area contributed by atoms with Crippen molar-refractivity contribution >= 4 is 34.7 Å². The number of anilines is 3. The highest BCUT2D eigenvalue weighted by molar-refractivity contribution is 6.89. The van der Waals surface area contributed by atoms with Crippen molar-refractivity contribution in [3.8, 4) is 22.3 Å². The van der Waals surface area contributed by atoms with Crippen LogP contribution in [0.4, 0.5) is 17.1 Å². The Kier molecular flexibility index (Phi) is 30.1. The van der Waals surface area contributed by atoms with Gasteiger partial charge >= 0.3 is 0 Å². The van der Waals surface area contributed by atoms with Gasteiger partial charge in [-0.15, -0.1) is 0 Å². The molecule has 76 heavy (non-hydrogen) atoms. The molecule has 6 heteroatoms. The van der Waals surface area contributed by atoms with E-state index < -0.39 is 0 Å². The normalized spacial score (nSPS) is 14.0. The summed E-state index contributed by atoms with van der Waals surface area (Å²) < 4.78 is 0. The molecular weight excluding hydrogens is 922 g/mol. The van der Waals surface area contributed by atoms with Crippen LogP contribution in [-0.2, 0) is 10.8 Å². The predicted molar refractivity (Wildman–Crippen MR) is 349 cm³/mol. The van der Waals surface area contributed by atoms with Gasteiger partial charge in [0.05, 0.1) is 5.41 Å². The third-order valence-electron chi connectivity index (χ3n) is 15.0. The molecule has 0 bridgehead atoms. The van der Waals surface area contributed by atoms with Crippen LogP contribution >= 0.6 is 0 Å². The van der Waals surface area contributed by atoms with Crippen molar-refractivity contribution in [3.63, 3.8) is 0 Å². The quantitative estimate of drug-likeness (QED) is 0.163. The maximum atomic E-state index is 2.64. The molecule has 1 spiro atoms. The predicted octanol–water partition coefficient (Wildman–Crippen LogP) is 17.2. The first-order chi connectivity index (χ1) is 36.6. The van der Waals surface area contributed by atoms with Crippen LogP contribution < -0.4 is 20.7 Å². The number of fused-ring (bicyclic) bond motifs is 12. The summed E-state index contributed by atoms with van der Waals surface area (Å²) in [7, 11) is 14.6. The summed E-state index contributed by atoms with van der Waals surface area (Å²) in [6.45, 7) is 45.1. The molecule has 11 rings (SSSR count). The van der Waals surface area contributed by atoms with Crippen molar-refractivity contribution in [2.75, 3.05) is 85.3 Å². The minimum Gasteiger partial charge on any atom is -0.376 e. The summed E-state index contributed by atoms with van der Waals surface area (Å²) in [5.41, 5.74) is 20.0. The molecule has 0 aromatic heterocycles. The van der Waals surface area contributed by atoms with Crippen LogP contribution in [0.3, 0.4) is 0 Å². The number of para-hydroxylation sites is 1. The Balaban J connectivity index is 0.000000523. The molecule has 0 fully saturated rings. The topological polar surface area (TPSA) is 16.2 Å². The molecule has 0 saturated heterocycles. The van der Waals surface area contributed by atoms with Gasteiger partial charge in [-0.25, -0.2) is 0 Å². The lowest BCUT2D eigenvalue weighted by Gasteiger charge is -2.47. The Bertz CT molecular complexity index is 2360. The molecule has 0 saturated carbocycles. The monoisotopic (exact) mass is 1030 g/mol. The maximum absolute atomic E-state index is 2.64. The SMILES string of the molecule is CC.CC.CC.CC.CC.CC.CCN(C)C.CCN(C)C.CCN(C)C.CN1CCB2c3cccc4c3N(c3cccc1c32)C(C)(C)C4(C)C.c1ccc2c(c1)-c1ccccc1C21c2ccccc2-c2ccccc21. The molecule has 0 unspecified atom stereocenters. The molecular formula is C70H110BN5. The van der Waals surface area contributed by atoms with E-state index in [-0.39, 0.29) is 16.4 Å². The summed E-state index contributed by atoms with van der Waals surface area (Å²) in [6, 6.07) is 49.5. The van der Waals surface area contributed by atoms with Crippen LogP contribution in [0.15, 0.2) is 133 Å². The number of rotatable bonds is 3. The van der Waals surface area contributed by atoms with E-state index in [0.717, 1.165) is 26.2 Å². The van der Waals surface area contributed by atoms with Crippen molar-refractivity contribution in [1.29, 1.82) is 0 Å². The van der Waals surface area contributed by atoms with Crippen molar-refractivity contribution in [2.24, 2.45) is 0 Å². The van der Waals surface area contributed by atoms with Gasteiger partial charge in [0.2, 0.25) is 6.71 Å². The molecule has 3 heterocycles. The van der Waals surface area contributed by atoms with Crippen LogP contribution in [0, 0.1) is 0 Å². The second-order valence-electron chi connectivity index (χ2n) is 19.9. The molecule has 5 nitrogen and oxygen atoms in total. The first kappa shape index (κ1) is 68.9. The molecule has 418 valence electrons. The highest BCUT2D eigenvalue weighted by atomic mass is 15.3. The van der Waals surface area contributed by atoms with E-state index in [2.05, 4.69) is 256 Å². The largest absolute Gasteiger partial charge is 0.376 e. The van der Waals surface area contributed by atoms with Crippen LogP contribution in [0.2, 0.25) is 6.32 Å². The Morgan fingerprint density at radius 1 is 0.421 bits per heavy atom. The molecule has 6 aromatic rings. The van der Waals surface area contributed by atoms with Crippen molar-refractivity contribution in [3.05, 3.63) is 161 Å². The molecule has 5 aliphatic rings. The van der Waals surface area contributed by atoms with Crippen molar-refractivity contribution < 1.29 is 0 Å². The number of benzene rings is 6. The van der Waals surface area contributed by atoms with Crippen molar-refractivity contribution in [2.45, 2.75) is 154 Å². The molecule has 0 atom stereocenters. The summed E-state index contributed by atoms with van der Waals surface area (Å²) in [6.07, 6.45) is 1.21. The van der Waals surface area contributed by atoms with Crippen LogP contribution in [0.1, 0.15) is 159 Å². The Hall–Kier alpha value is -5.14. The first-order valence-electron chi connectivity index (χ1n) is 29.7. The van der Waals surface area contributed by atoms with Gasteiger partial charge in [-0.3, -0.25) is 0 Å². The van der Waals surface area contributed by atoms with Gasteiger partial charge < -0.3 is 24.5 Å². The smallest absolute Gasteiger partial charge is 0.219 e. The Morgan fingerprint density at radius 2 is 0.724 bits per heavy atom. The van der Waals surface area contributed by atoms with Crippen LogP contribution in [-0.4, -0.2) is 102 Å². The summed E-state index contributed by atoms with van der Waals surface area (Å²) in [5.74, 6) is 0. The Morgan fingerprint density at radius 3 is 1.07 bits per heavy atom. The molecule has 0 amide bonds. The minimum atomic E-state index is -0.180. The standard InChI is InChI=1S/C25H16.C21H25BN2.3C4H11N.6C2H6/c1-5-13-21-17(9-1)18-10-2-6-14-22(18)25(21)23-15-7-3-11-19(23)20-12-4-8-16-24(20)25;1-20(2)14-8-6-9-15-19(14)24(21(20,3)4)17-11-7-10-16-18(17)22(15)12-13-23(16)5;3*1-4-5(2)3;6*1-2/h1-16H;6-11H,12-13H2,1-5H3;3*4H2,1-3H3;6*1-2H3.